The number of nitrogens with two attached hydrogens (primary N) is 1. The van der Waals surface area contributed by atoms with Crippen LogP contribution in [-0.2, 0) is 9.59 Å². The highest BCUT2D eigenvalue weighted by atomic mass is 32.2. The van der Waals surface area contributed by atoms with Crippen LogP contribution in [0.15, 0.2) is 29.4 Å². The number of rotatable bonds is 6. The molecule has 20 heavy (non-hydrogen) atoms. The predicted molar refractivity (Wildman–Crippen MR) is 76.6 cm³/mol. The standard InChI is InChI=1S/C13H15N3O3S/c1-8(6-11(14)17)16-10-5-3-2-4-9(10)15-13(16)20-7-12(18)19/h2-5,8H,6-7H2,1H3,(H2,14,17)(H,18,19). The number of carbonyl (C=O) groups is 2. The minimum atomic E-state index is -0.906. The molecular formula is C13H15N3O3S. The fraction of sp³-hybridized carbons (Fsp3) is 0.308. The van der Waals surface area contributed by atoms with E-state index >= 15 is 0 Å². The average Bonchev–Trinajstić information content (AvgIpc) is 2.73. The highest BCUT2D eigenvalue weighted by molar-refractivity contribution is 7.99. The van der Waals surface area contributed by atoms with Crippen molar-refractivity contribution in [1.82, 2.24) is 9.55 Å². The first kappa shape index (κ1) is 14.4. The number of hydrogen-bond acceptors (Lipinski definition) is 4. The molecule has 0 saturated heterocycles. The van der Waals surface area contributed by atoms with Gasteiger partial charge < -0.3 is 15.4 Å². The van der Waals surface area contributed by atoms with E-state index in [4.69, 9.17) is 10.8 Å². The molecule has 0 aliphatic rings. The second-order valence-corrected chi connectivity index (χ2v) is 5.40. The van der Waals surface area contributed by atoms with Gasteiger partial charge in [0.1, 0.15) is 0 Å². The van der Waals surface area contributed by atoms with Crippen molar-refractivity contribution in [2.75, 3.05) is 5.75 Å². The van der Waals surface area contributed by atoms with Crippen molar-refractivity contribution in [3.8, 4) is 0 Å². The zero-order valence-electron chi connectivity index (χ0n) is 10.9. The number of thioether (sulfide) groups is 1. The molecule has 1 heterocycles. The Morgan fingerprint density at radius 1 is 1.45 bits per heavy atom. The van der Waals surface area contributed by atoms with Crippen LogP contribution in [-0.4, -0.2) is 32.3 Å². The molecule has 1 amide bonds. The summed E-state index contributed by atoms with van der Waals surface area (Å²) in [4.78, 5) is 26.2. The minimum absolute atomic E-state index is 0.0768. The first-order valence-electron chi connectivity index (χ1n) is 6.09. The van der Waals surface area contributed by atoms with E-state index in [0.29, 0.717) is 5.16 Å². The van der Waals surface area contributed by atoms with E-state index in [9.17, 15) is 9.59 Å². The number of amides is 1. The SMILES string of the molecule is CC(CC(N)=O)n1c(SCC(=O)O)nc2ccccc21. The molecule has 0 fully saturated rings. The Bertz CT molecular complexity index is 653. The Hall–Kier alpha value is -2.02. The number of aliphatic carboxylic acids is 1. The molecule has 1 aromatic carbocycles. The van der Waals surface area contributed by atoms with Crippen LogP contribution in [0.1, 0.15) is 19.4 Å². The van der Waals surface area contributed by atoms with E-state index in [1.165, 1.54) is 0 Å². The Kier molecular flexibility index (Phi) is 4.29. The van der Waals surface area contributed by atoms with Gasteiger partial charge in [-0.15, -0.1) is 0 Å². The molecule has 7 heteroatoms. The van der Waals surface area contributed by atoms with Crippen LogP contribution in [0.2, 0.25) is 0 Å². The molecule has 2 aromatic rings. The van der Waals surface area contributed by atoms with E-state index in [-0.39, 0.29) is 18.2 Å². The van der Waals surface area contributed by atoms with Gasteiger partial charge in [-0.1, -0.05) is 23.9 Å². The van der Waals surface area contributed by atoms with E-state index in [1.54, 1.807) is 0 Å². The predicted octanol–water partition coefficient (Wildman–Crippen LogP) is 1.65. The van der Waals surface area contributed by atoms with Crippen LogP contribution in [0.4, 0.5) is 0 Å². The molecule has 0 saturated carbocycles. The fourth-order valence-corrected chi connectivity index (χ4v) is 2.89. The smallest absolute Gasteiger partial charge is 0.313 e. The van der Waals surface area contributed by atoms with Crippen LogP contribution >= 0.6 is 11.8 Å². The summed E-state index contributed by atoms with van der Waals surface area (Å²) in [5.41, 5.74) is 6.89. The van der Waals surface area contributed by atoms with E-state index in [0.717, 1.165) is 22.8 Å². The lowest BCUT2D eigenvalue weighted by Crippen LogP contribution is -2.18. The Labute approximate surface area is 120 Å². The van der Waals surface area contributed by atoms with E-state index in [1.807, 2.05) is 35.8 Å². The zero-order valence-corrected chi connectivity index (χ0v) is 11.8. The van der Waals surface area contributed by atoms with Gasteiger partial charge in [0.2, 0.25) is 5.91 Å². The second-order valence-electron chi connectivity index (χ2n) is 4.45. The van der Waals surface area contributed by atoms with Crippen molar-refractivity contribution in [1.29, 1.82) is 0 Å². The third kappa shape index (κ3) is 3.11. The second kappa shape index (κ2) is 5.96. The molecule has 2 rings (SSSR count). The Morgan fingerprint density at radius 2 is 2.15 bits per heavy atom. The number of carboxylic acids is 1. The molecule has 0 aliphatic carbocycles. The van der Waals surface area contributed by atoms with Crippen molar-refractivity contribution >= 4 is 34.7 Å². The van der Waals surface area contributed by atoms with Gasteiger partial charge in [0.15, 0.2) is 5.16 Å². The maximum absolute atomic E-state index is 11.1. The lowest BCUT2D eigenvalue weighted by atomic mass is 10.2. The van der Waals surface area contributed by atoms with Crippen LogP contribution in [0, 0.1) is 0 Å². The van der Waals surface area contributed by atoms with Gasteiger partial charge in [-0.05, 0) is 19.1 Å². The summed E-state index contributed by atoms with van der Waals surface area (Å²) in [6, 6.07) is 7.32. The minimum Gasteiger partial charge on any atom is -0.481 e. The molecular weight excluding hydrogens is 278 g/mol. The molecule has 1 unspecified atom stereocenters. The van der Waals surface area contributed by atoms with Crippen molar-refractivity contribution < 1.29 is 14.7 Å². The van der Waals surface area contributed by atoms with Crippen LogP contribution in [0.5, 0.6) is 0 Å². The molecule has 0 radical (unpaired) electrons. The number of imidazole rings is 1. The van der Waals surface area contributed by atoms with Crippen molar-refractivity contribution in [2.45, 2.75) is 24.5 Å². The van der Waals surface area contributed by atoms with E-state index in [2.05, 4.69) is 4.98 Å². The van der Waals surface area contributed by atoms with Gasteiger partial charge >= 0.3 is 5.97 Å². The third-order valence-electron chi connectivity index (χ3n) is 2.83. The molecule has 106 valence electrons. The number of benzene rings is 1. The lowest BCUT2D eigenvalue weighted by molar-refractivity contribution is -0.134. The quantitative estimate of drug-likeness (QED) is 0.789. The number of aromatic nitrogens is 2. The normalized spacial score (nSPS) is 12.4. The van der Waals surface area contributed by atoms with Gasteiger partial charge in [0.25, 0.3) is 0 Å². The maximum atomic E-state index is 11.1. The molecule has 0 aliphatic heterocycles. The van der Waals surface area contributed by atoms with Gasteiger partial charge in [0, 0.05) is 12.5 Å². The van der Waals surface area contributed by atoms with Gasteiger partial charge in [-0.2, -0.15) is 0 Å². The number of carboxylic acid groups (broad SMARTS) is 1. The summed E-state index contributed by atoms with van der Waals surface area (Å²) in [5.74, 6) is -1.38. The third-order valence-corrected chi connectivity index (χ3v) is 3.76. The summed E-state index contributed by atoms with van der Waals surface area (Å²) >= 11 is 1.14. The average molecular weight is 293 g/mol. The molecule has 0 bridgehead atoms. The monoisotopic (exact) mass is 293 g/mol. The first-order chi connectivity index (χ1) is 9.49. The Balaban J connectivity index is 2.43. The molecule has 1 aromatic heterocycles. The summed E-state index contributed by atoms with van der Waals surface area (Å²) in [7, 11) is 0. The largest absolute Gasteiger partial charge is 0.481 e. The van der Waals surface area contributed by atoms with Gasteiger partial charge in [-0.3, -0.25) is 9.59 Å². The number of carbonyl (C=O) groups excluding carboxylic acids is 1. The van der Waals surface area contributed by atoms with Gasteiger partial charge in [-0.25, -0.2) is 4.98 Å². The summed E-state index contributed by atoms with van der Waals surface area (Å²) < 4.78 is 1.87. The summed E-state index contributed by atoms with van der Waals surface area (Å²) in [5, 5.41) is 9.38. The van der Waals surface area contributed by atoms with Crippen molar-refractivity contribution in [3.63, 3.8) is 0 Å². The van der Waals surface area contributed by atoms with Crippen LogP contribution in [0.25, 0.3) is 11.0 Å². The fourth-order valence-electron chi connectivity index (χ4n) is 2.06. The first-order valence-corrected chi connectivity index (χ1v) is 7.07. The zero-order chi connectivity index (χ0) is 14.7. The number of para-hydroxylation sites is 2. The van der Waals surface area contributed by atoms with Crippen LogP contribution in [0.3, 0.4) is 0 Å². The summed E-state index contributed by atoms with van der Waals surface area (Å²) in [6.07, 6.45) is 0.182. The van der Waals surface area contributed by atoms with Crippen molar-refractivity contribution in [2.24, 2.45) is 5.73 Å². The maximum Gasteiger partial charge on any atom is 0.313 e. The Morgan fingerprint density at radius 3 is 2.80 bits per heavy atom. The lowest BCUT2D eigenvalue weighted by Gasteiger charge is -2.15. The van der Waals surface area contributed by atoms with Gasteiger partial charge in [0.05, 0.1) is 16.8 Å². The number of hydrogen-bond donors (Lipinski definition) is 2. The van der Waals surface area contributed by atoms with Crippen molar-refractivity contribution in [3.05, 3.63) is 24.3 Å². The molecule has 0 spiro atoms. The molecule has 6 nitrogen and oxygen atoms in total. The number of fused-ring (bicyclic) bond motifs is 1. The molecule has 3 N–H and O–H groups in total. The number of primary amides is 1. The topological polar surface area (TPSA) is 98.2 Å². The van der Waals surface area contributed by atoms with E-state index < -0.39 is 11.9 Å². The van der Waals surface area contributed by atoms with Crippen LogP contribution < -0.4 is 5.73 Å². The number of nitrogens with zero attached hydrogens (tertiary/aromatic N) is 2. The molecule has 1 atom stereocenters. The highest BCUT2D eigenvalue weighted by Gasteiger charge is 2.18. The highest BCUT2D eigenvalue weighted by Crippen LogP contribution is 2.28. The summed E-state index contributed by atoms with van der Waals surface area (Å²) in [6.45, 7) is 1.86.